The van der Waals surface area contributed by atoms with Crippen molar-refractivity contribution in [2.45, 2.75) is 26.7 Å². The van der Waals surface area contributed by atoms with Gasteiger partial charge in [0.2, 0.25) is 10.0 Å². The quantitative estimate of drug-likeness (QED) is 0.317. The smallest absolute Gasteiger partial charge is 0.213 e. The second-order valence-corrected chi connectivity index (χ2v) is 8.88. The first-order valence-electron chi connectivity index (χ1n) is 9.59. The first-order chi connectivity index (χ1) is 13.4. The number of guanidine groups is 1. The summed E-state index contributed by atoms with van der Waals surface area (Å²) in [5.74, 6) is 0.551. The molecule has 2 rings (SSSR count). The summed E-state index contributed by atoms with van der Waals surface area (Å²) >= 11 is 0. The Hall–Kier alpha value is -2.13. The summed E-state index contributed by atoms with van der Waals surface area (Å²) in [6.45, 7) is 5.98. The Balaban J connectivity index is 1.84. The van der Waals surface area contributed by atoms with E-state index >= 15 is 0 Å². The number of nitrogens with one attached hydrogen (secondary N) is 3. The third-order valence-electron chi connectivity index (χ3n) is 4.50. The summed E-state index contributed by atoms with van der Waals surface area (Å²) in [5.41, 5.74) is 1.97. The molecule has 0 aliphatic heterocycles. The average Bonchev–Trinajstić information content (AvgIpc) is 3.07. The van der Waals surface area contributed by atoms with Crippen molar-refractivity contribution in [1.82, 2.24) is 19.9 Å². The van der Waals surface area contributed by atoms with E-state index in [0.717, 1.165) is 29.4 Å². The number of rotatable bonds is 10. The van der Waals surface area contributed by atoms with Crippen molar-refractivity contribution in [3.8, 4) is 0 Å². The fourth-order valence-corrected chi connectivity index (χ4v) is 3.71. The fourth-order valence-electron chi connectivity index (χ4n) is 2.86. The van der Waals surface area contributed by atoms with E-state index in [1.54, 1.807) is 26.1 Å². The van der Waals surface area contributed by atoms with E-state index in [1.165, 1.54) is 10.4 Å². The molecular weight excluding hydrogens is 381 g/mol. The molecular formula is C19H30FN5O2S. The summed E-state index contributed by atoms with van der Waals surface area (Å²) in [5, 5.41) is 7.34. The molecule has 2 aromatic rings. The molecule has 1 heterocycles. The van der Waals surface area contributed by atoms with Gasteiger partial charge in [0.15, 0.2) is 5.96 Å². The maximum Gasteiger partial charge on any atom is 0.213 e. The molecule has 156 valence electrons. The van der Waals surface area contributed by atoms with Crippen molar-refractivity contribution in [3.05, 3.63) is 35.8 Å². The molecule has 0 radical (unpaired) electrons. The number of H-pyrrole nitrogens is 1. The maximum atomic E-state index is 13.5. The van der Waals surface area contributed by atoms with Gasteiger partial charge in [-0.15, -0.1) is 0 Å². The zero-order valence-corrected chi connectivity index (χ0v) is 17.6. The van der Waals surface area contributed by atoms with Crippen LogP contribution in [0.15, 0.2) is 29.4 Å². The number of hydrogen-bond acceptors (Lipinski definition) is 3. The molecule has 0 aliphatic carbocycles. The SMILES string of the molecule is CCNC(=NCCCN(C)S(=O)(=O)CC)NCCc1c[nH]c2ccc(F)cc12. The van der Waals surface area contributed by atoms with Crippen molar-refractivity contribution < 1.29 is 12.8 Å². The molecule has 3 N–H and O–H groups in total. The Labute approximate surface area is 166 Å². The summed E-state index contributed by atoms with van der Waals surface area (Å²) in [4.78, 5) is 7.65. The first-order valence-corrected chi connectivity index (χ1v) is 11.2. The van der Waals surface area contributed by atoms with Gasteiger partial charge in [0.05, 0.1) is 5.75 Å². The van der Waals surface area contributed by atoms with E-state index in [2.05, 4.69) is 20.6 Å². The van der Waals surface area contributed by atoms with E-state index in [9.17, 15) is 12.8 Å². The molecule has 9 heteroatoms. The zero-order valence-electron chi connectivity index (χ0n) is 16.8. The Kier molecular flexibility index (Phi) is 8.25. The summed E-state index contributed by atoms with van der Waals surface area (Å²) in [6, 6.07) is 4.73. The minimum absolute atomic E-state index is 0.106. The molecule has 0 bridgehead atoms. The van der Waals surface area contributed by atoms with Gasteiger partial charge in [0, 0.05) is 50.3 Å². The minimum atomic E-state index is -3.15. The van der Waals surface area contributed by atoms with E-state index in [1.807, 2.05) is 13.1 Å². The third-order valence-corrected chi connectivity index (χ3v) is 6.36. The lowest BCUT2D eigenvalue weighted by atomic mass is 10.1. The number of halogens is 1. The molecule has 0 atom stereocenters. The molecule has 0 spiro atoms. The summed E-state index contributed by atoms with van der Waals surface area (Å²) < 4.78 is 38.3. The van der Waals surface area contributed by atoms with Crippen LogP contribution in [0, 0.1) is 5.82 Å². The van der Waals surface area contributed by atoms with Crippen LogP contribution in [0.3, 0.4) is 0 Å². The zero-order chi connectivity index (χ0) is 20.6. The molecule has 0 unspecified atom stereocenters. The summed E-state index contributed by atoms with van der Waals surface area (Å²) in [6.07, 6.45) is 3.28. The molecule has 0 saturated heterocycles. The van der Waals surface area contributed by atoms with Crippen LogP contribution in [0.1, 0.15) is 25.8 Å². The van der Waals surface area contributed by atoms with Crippen molar-refractivity contribution >= 4 is 26.9 Å². The first kappa shape index (κ1) is 22.2. The highest BCUT2D eigenvalue weighted by atomic mass is 32.2. The van der Waals surface area contributed by atoms with E-state index in [-0.39, 0.29) is 11.6 Å². The van der Waals surface area contributed by atoms with Gasteiger partial charge in [0.25, 0.3) is 0 Å². The lowest BCUT2D eigenvalue weighted by Crippen LogP contribution is -2.38. The molecule has 0 aliphatic rings. The van der Waals surface area contributed by atoms with Gasteiger partial charge in [0.1, 0.15) is 5.82 Å². The number of fused-ring (bicyclic) bond motifs is 1. The molecule has 1 aromatic carbocycles. The van der Waals surface area contributed by atoms with Crippen molar-refractivity contribution in [2.75, 3.05) is 39.0 Å². The highest BCUT2D eigenvalue weighted by Gasteiger charge is 2.13. The Morgan fingerprint density at radius 1 is 1.29 bits per heavy atom. The van der Waals surface area contributed by atoms with Gasteiger partial charge in [-0.2, -0.15) is 0 Å². The molecule has 1 aromatic heterocycles. The maximum absolute atomic E-state index is 13.5. The van der Waals surface area contributed by atoms with Gasteiger partial charge in [-0.25, -0.2) is 17.1 Å². The van der Waals surface area contributed by atoms with E-state index in [4.69, 9.17) is 0 Å². The van der Waals surface area contributed by atoms with Crippen molar-refractivity contribution in [2.24, 2.45) is 4.99 Å². The van der Waals surface area contributed by atoms with Crippen molar-refractivity contribution in [3.63, 3.8) is 0 Å². The standard InChI is InChI=1S/C19H30FN5O2S/c1-4-21-19(22-10-6-12-25(3)28(26,27)5-2)23-11-9-15-14-24-18-8-7-16(20)13-17(15)18/h7-8,13-14,24H,4-6,9-12H2,1-3H3,(H2,21,22,23). The predicted molar refractivity (Wildman–Crippen MR) is 113 cm³/mol. The number of sulfonamides is 1. The van der Waals surface area contributed by atoms with Crippen LogP contribution in [0.25, 0.3) is 10.9 Å². The normalized spacial score (nSPS) is 12.7. The van der Waals surface area contributed by atoms with Crippen LogP contribution in [-0.2, 0) is 16.4 Å². The predicted octanol–water partition coefficient (Wildman–Crippen LogP) is 2.08. The fraction of sp³-hybridized carbons (Fsp3) is 0.526. The van der Waals surface area contributed by atoms with Crippen LogP contribution in [0.4, 0.5) is 4.39 Å². The second-order valence-electron chi connectivity index (χ2n) is 6.52. The van der Waals surface area contributed by atoms with Gasteiger partial charge in [-0.05, 0) is 50.5 Å². The van der Waals surface area contributed by atoms with Crippen LogP contribution in [-0.4, -0.2) is 62.6 Å². The lowest BCUT2D eigenvalue weighted by molar-refractivity contribution is 0.465. The monoisotopic (exact) mass is 411 g/mol. The topological polar surface area (TPSA) is 89.6 Å². The molecule has 0 saturated carbocycles. The van der Waals surface area contributed by atoms with Gasteiger partial charge >= 0.3 is 0 Å². The minimum Gasteiger partial charge on any atom is -0.361 e. The number of hydrogen-bond donors (Lipinski definition) is 3. The number of aromatic nitrogens is 1. The van der Waals surface area contributed by atoms with E-state index in [0.29, 0.717) is 32.0 Å². The molecule has 7 nitrogen and oxygen atoms in total. The Morgan fingerprint density at radius 2 is 2.07 bits per heavy atom. The van der Waals surface area contributed by atoms with Crippen LogP contribution in [0.5, 0.6) is 0 Å². The highest BCUT2D eigenvalue weighted by Crippen LogP contribution is 2.19. The largest absolute Gasteiger partial charge is 0.361 e. The Bertz CT molecular complexity index is 895. The second kappa shape index (κ2) is 10.4. The lowest BCUT2D eigenvalue weighted by Gasteiger charge is -2.15. The number of benzene rings is 1. The number of nitrogens with zero attached hydrogens (tertiary/aromatic N) is 2. The Morgan fingerprint density at radius 3 is 2.79 bits per heavy atom. The van der Waals surface area contributed by atoms with Gasteiger partial charge in [-0.3, -0.25) is 4.99 Å². The third kappa shape index (κ3) is 6.20. The molecule has 28 heavy (non-hydrogen) atoms. The molecule has 0 fully saturated rings. The number of aromatic amines is 1. The van der Waals surface area contributed by atoms with Gasteiger partial charge < -0.3 is 15.6 Å². The van der Waals surface area contributed by atoms with Crippen molar-refractivity contribution in [1.29, 1.82) is 0 Å². The highest BCUT2D eigenvalue weighted by molar-refractivity contribution is 7.89. The average molecular weight is 412 g/mol. The van der Waals surface area contributed by atoms with E-state index < -0.39 is 10.0 Å². The van der Waals surface area contributed by atoms with Gasteiger partial charge in [-0.1, -0.05) is 0 Å². The van der Waals surface area contributed by atoms with Crippen LogP contribution in [0.2, 0.25) is 0 Å². The van der Waals surface area contributed by atoms with Crippen LogP contribution < -0.4 is 10.6 Å². The number of aliphatic imine (C=N–C) groups is 1. The van der Waals surface area contributed by atoms with Crippen LogP contribution >= 0.6 is 0 Å². The summed E-state index contributed by atoms with van der Waals surface area (Å²) in [7, 11) is -1.55. The molecule has 0 amide bonds.